The number of amides is 2. The fourth-order valence-electron chi connectivity index (χ4n) is 3.51. The van der Waals surface area contributed by atoms with Crippen molar-refractivity contribution in [3.63, 3.8) is 0 Å². The van der Waals surface area contributed by atoms with Crippen LogP contribution in [0.2, 0.25) is 10.0 Å². The molecule has 0 unspecified atom stereocenters. The molecule has 0 aromatic heterocycles. The molecule has 0 bridgehead atoms. The highest BCUT2D eigenvalue weighted by Gasteiger charge is 2.41. The van der Waals surface area contributed by atoms with Gasteiger partial charge in [0.1, 0.15) is 5.70 Å². The summed E-state index contributed by atoms with van der Waals surface area (Å²) in [7, 11) is 1.59. The Hall–Kier alpha value is -2.34. The molecule has 2 aromatic carbocycles. The van der Waals surface area contributed by atoms with E-state index in [9.17, 15) is 9.59 Å². The zero-order chi connectivity index (χ0) is 21.7. The topological polar surface area (TPSA) is 49.9 Å². The average Bonchev–Trinajstić information content (AvgIpc) is 2.97. The Kier molecular flexibility index (Phi) is 7.53. The Bertz CT molecular complexity index is 960. The predicted molar refractivity (Wildman–Crippen MR) is 119 cm³/mol. The van der Waals surface area contributed by atoms with Crippen LogP contribution in [0.15, 0.2) is 54.2 Å². The molecule has 1 heterocycles. The minimum atomic E-state index is -0.346. The molecule has 0 radical (unpaired) electrons. The molecule has 1 aliphatic rings. The van der Waals surface area contributed by atoms with E-state index in [1.165, 1.54) is 4.90 Å². The van der Waals surface area contributed by atoms with Gasteiger partial charge < -0.3 is 9.64 Å². The second kappa shape index (κ2) is 10.1. The molecule has 2 amide bonds. The first-order valence-corrected chi connectivity index (χ1v) is 10.6. The number of rotatable bonds is 9. The van der Waals surface area contributed by atoms with Gasteiger partial charge in [-0.3, -0.25) is 14.5 Å². The summed E-state index contributed by atoms with van der Waals surface area (Å²) in [6, 6.07) is 14.8. The largest absolute Gasteiger partial charge is 0.385 e. The Morgan fingerprint density at radius 2 is 1.77 bits per heavy atom. The Morgan fingerprint density at radius 3 is 2.40 bits per heavy atom. The van der Waals surface area contributed by atoms with Crippen molar-refractivity contribution < 1.29 is 14.3 Å². The van der Waals surface area contributed by atoms with E-state index in [2.05, 4.69) is 0 Å². The summed E-state index contributed by atoms with van der Waals surface area (Å²) in [4.78, 5) is 29.9. The number of benzene rings is 2. The normalized spacial score (nSPS) is 14.1. The number of hydrogen-bond donors (Lipinski definition) is 0. The van der Waals surface area contributed by atoms with Gasteiger partial charge >= 0.3 is 0 Å². The van der Waals surface area contributed by atoms with Gasteiger partial charge in [0.25, 0.3) is 11.8 Å². The van der Waals surface area contributed by atoms with Crippen molar-refractivity contribution in [3.8, 4) is 0 Å². The van der Waals surface area contributed by atoms with Crippen molar-refractivity contribution in [2.45, 2.75) is 19.9 Å². The van der Waals surface area contributed by atoms with Gasteiger partial charge in [0.05, 0.1) is 10.6 Å². The van der Waals surface area contributed by atoms with Crippen molar-refractivity contribution in [3.05, 3.63) is 75.4 Å². The van der Waals surface area contributed by atoms with E-state index < -0.39 is 0 Å². The van der Waals surface area contributed by atoms with Crippen LogP contribution in [0.5, 0.6) is 0 Å². The third-order valence-electron chi connectivity index (χ3n) is 4.99. The van der Waals surface area contributed by atoms with Crippen LogP contribution in [0, 0.1) is 0 Å². The first-order chi connectivity index (χ1) is 14.5. The van der Waals surface area contributed by atoms with Gasteiger partial charge in [-0.2, -0.15) is 0 Å². The molecule has 30 heavy (non-hydrogen) atoms. The lowest BCUT2D eigenvalue weighted by atomic mass is 10.0. The van der Waals surface area contributed by atoms with Crippen molar-refractivity contribution >= 4 is 40.6 Å². The second-order valence-electron chi connectivity index (χ2n) is 6.96. The number of ether oxygens (including phenoxy) is 1. The highest BCUT2D eigenvalue weighted by atomic mass is 35.5. The minimum absolute atomic E-state index is 0.284. The minimum Gasteiger partial charge on any atom is -0.385 e. The standard InChI is InChI=1S/C23H24Cl2N2O3/c1-3-26(15-16-8-5-4-6-9-16)21-20(18-11-10-17(24)14-19(18)25)22(28)27(23(21)29)12-7-13-30-2/h4-6,8-11,14H,3,7,12-13,15H2,1-2H3. The number of likely N-dealkylation sites (N-methyl/N-ethyl adjacent to an activating group) is 1. The number of methoxy groups -OCH3 is 1. The second-order valence-corrected chi connectivity index (χ2v) is 7.80. The summed E-state index contributed by atoms with van der Waals surface area (Å²) < 4.78 is 5.08. The first kappa shape index (κ1) is 22.3. The zero-order valence-electron chi connectivity index (χ0n) is 17.0. The third-order valence-corrected chi connectivity index (χ3v) is 5.54. The molecule has 2 aromatic rings. The van der Waals surface area contributed by atoms with E-state index >= 15 is 0 Å². The van der Waals surface area contributed by atoms with Crippen LogP contribution in [0.4, 0.5) is 0 Å². The molecule has 0 atom stereocenters. The third kappa shape index (κ3) is 4.69. The molecule has 1 aliphatic heterocycles. The van der Waals surface area contributed by atoms with Crippen molar-refractivity contribution in [2.24, 2.45) is 0 Å². The predicted octanol–water partition coefficient (Wildman–Crippen LogP) is 4.63. The quantitative estimate of drug-likeness (QED) is 0.416. The lowest BCUT2D eigenvalue weighted by molar-refractivity contribution is -0.137. The molecule has 3 rings (SSSR count). The van der Waals surface area contributed by atoms with E-state index in [0.29, 0.717) is 53.0 Å². The molecule has 7 heteroatoms. The Labute approximate surface area is 186 Å². The van der Waals surface area contributed by atoms with E-state index in [0.717, 1.165) is 5.56 Å². The summed E-state index contributed by atoms with van der Waals surface area (Å²) >= 11 is 12.5. The highest BCUT2D eigenvalue weighted by Crippen LogP contribution is 2.36. The van der Waals surface area contributed by atoms with E-state index in [1.807, 2.05) is 42.2 Å². The SMILES string of the molecule is CCN(Cc1ccccc1)C1=C(c2ccc(Cl)cc2Cl)C(=O)N(CCCOC)C1=O. The lowest BCUT2D eigenvalue weighted by Crippen LogP contribution is -2.36. The summed E-state index contributed by atoms with van der Waals surface area (Å²) in [6.45, 7) is 3.77. The van der Waals surface area contributed by atoms with Crippen LogP contribution in [0.25, 0.3) is 5.57 Å². The van der Waals surface area contributed by atoms with Crippen LogP contribution in [0.1, 0.15) is 24.5 Å². The molecular weight excluding hydrogens is 423 g/mol. The maximum Gasteiger partial charge on any atom is 0.277 e. The van der Waals surface area contributed by atoms with Crippen molar-refractivity contribution in [1.82, 2.24) is 9.80 Å². The van der Waals surface area contributed by atoms with Crippen LogP contribution < -0.4 is 0 Å². The Balaban J connectivity index is 2.06. The van der Waals surface area contributed by atoms with Crippen LogP contribution in [-0.2, 0) is 20.9 Å². The number of nitrogens with zero attached hydrogens (tertiary/aromatic N) is 2. The van der Waals surface area contributed by atoms with Gasteiger partial charge in [-0.25, -0.2) is 0 Å². The monoisotopic (exact) mass is 446 g/mol. The molecule has 0 saturated carbocycles. The number of halogens is 2. The first-order valence-electron chi connectivity index (χ1n) is 9.81. The van der Waals surface area contributed by atoms with Gasteiger partial charge in [0.2, 0.25) is 0 Å². The van der Waals surface area contributed by atoms with Crippen molar-refractivity contribution in [1.29, 1.82) is 0 Å². The molecule has 0 aliphatic carbocycles. The van der Waals surface area contributed by atoms with Crippen LogP contribution in [-0.4, -0.2) is 48.4 Å². The van der Waals surface area contributed by atoms with E-state index in [-0.39, 0.29) is 18.4 Å². The maximum absolute atomic E-state index is 13.4. The smallest absolute Gasteiger partial charge is 0.277 e. The number of carbonyl (C=O) groups excluding carboxylic acids is 2. The molecule has 0 saturated heterocycles. The fourth-order valence-corrected chi connectivity index (χ4v) is 4.02. The summed E-state index contributed by atoms with van der Waals surface area (Å²) in [5.41, 5.74) is 2.24. The van der Waals surface area contributed by atoms with Crippen molar-refractivity contribution in [2.75, 3.05) is 26.8 Å². The molecule has 0 N–H and O–H groups in total. The zero-order valence-corrected chi connectivity index (χ0v) is 18.5. The molecular formula is C23H24Cl2N2O3. The van der Waals surface area contributed by atoms with Gasteiger partial charge in [-0.05, 0) is 31.0 Å². The average molecular weight is 447 g/mol. The lowest BCUT2D eigenvalue weighted by Gasteiger charge is -2.25. The molecule has 5 nitrogen and oxygen atoms in total. The van der Waals surface area contributed by atoms with Gasteiger partial charge in [-0.15, -0.1) is 0 Å². The number of imide groups is 1. The van der Waals surface area contributed by atoms with E-state index in [1.54, 1.807) is 25.3 Å². The maximum atomic E-state index is 13.4. The van der Waals surface area contributed by atoms with Crippen LogP contribution in [0.3, 0.4) is 0 Å². The summed E-state index contributed by atoms with van der Waals surface area (Å²) in [5.74, 6) is -0.656. The number of carbonyl (C=O) groups is 2. The summed E-state index contributed by atoms with van der Waals surface area (Å²) in [5, 5.41) is 0.807. The Morgan fingerprint density at radius 1 is 1.03 bits per heavy atom. The number of hydrogen-bond acceptors (Lipinski definition) is 4. The molecule has 158 valence electrons. The highest BCUT2D eigenvalue weighted by molar-refractivity contribution is 6.41. The van der Waals surface area contributed by atoms with Crippen LogP contribution >= 0.6 is 23.2 Å². The van der Waals surface area contributed by atoms with E-state index in [4.69, 9.17) is 27.9 Å². The molecule has 0 fully saturated rings. The molecule has 0 spiro atoms. The summed E-state index contributed by atoms with van der Waals surface area (Å²) in [6.07, 6.45) is 0.563. The van der Waals surface area contributed by atoms with Gasteiger partial charge in [-0.1, -0.05) is 59.6 Å². The fraction of sp³-hybridized carbons (Fsp3) is 0.304. The van der Waals surface area contributed by atoms with Gasteiger partial charge in [0.15, 0.2) is 0 Å². The van der Waals surface area contributed by atoms with Gasteiger partial charge in [0, 0.05) is 43.9 Å².